The number of carboxylic acids is 1. The van der Waals surface area contributed by atoms with E-state index in [9.17, 15) is 9.59 Å². The molecule has 0 radical (unpaired) electrons. The summed E-state index contributed by atoms with van der Waals surface area (Å²) in [6.45, 7) is 7.84. The highest BCUT2D eigenvalue weighted by Gasteiger charge is 2.23. The van der Waals surface area contributed by atoms with E-state index in [1.165, 1.54) is 17.5 Å². The average molecular weight is 284 g/mol. The molecule has 0 spiro atoms. The highest BCUT2D eigenvalue weighted by atomic mass is 32.1. The minimum atomic E-state index is -1.00. The number of hydrogen-bond acceptors (Lipinski definition) is 4. The lowest BCUT2D eigenvalue weighted by molar-refractivity contribution is -0.139. The van der Waals surface area contributed by atoms with Crippen LogP contribution in [0.5, 0.6) is 0 Å². The molecule has 0 aromatic carbocycles. The van der Waals surface area contributed by atoms with Gasteiger partial charge in [-0.15, -0.1) is 11.3 Å². The molecular formula is C13H20N2O3S. The zero-order valence-electron chi connectivity index (χ0n) is 11.6. The molecule has 1 rings (SSSR count). The van der Waals surface area contributed by atoms with Gasteiger partial charge in [0, 0.05) is 5.92 Å². The number of carboxylic acid groups (broad SMARTS) is 1. The van der Waals surface area contributed by atoms with E-state index >= 15 is 0 Å². The second-order valence-corrected chi connectivity index (χ2v) is 6.27. The number of carbonyl (C=O) groups is 2. The summed E-state index contributed by atoms with van der Waals surface area (Å²) in [5.74, 6) is -0.903. The number of aliphatic carboxylic acids is 1. The third-order valence-corrected chi connectivity index (χ3v) is 3.85. The van der Waals surface area contributed by atoms with E-state index in [0.717, 1.165) is 5.01 Å². The minimum Gasteiger partial charge on any atom is -0.480 e. The Balaban J connectivity index is 2.73. The molecule has 6 heteroatoms. The third kappa shape index (κ3) is 4.63. The van der Waals surface area contributed by atoms with Crippen LogP contribution < -0.4 is 5.32 Å². The summed E-state index contributed by atoms with van der Waals surface area (Å²) in [4.78, 5) is 27.7. The molecule has 1 heterocycles. The average Bonchev–Trinajstić information content (AvgIpc) is 2.76. The molecule has 0 saturated carbocycles. The van der Waals surface area contributed by atoms with Gasteiger partial charge in [0.05, 0.1) is 11.2 Å². The molecule has 1 atom stereocenters. The molecule has 5 nitrogen and oxygen atoms in total. The van der Waals surface area contributed by atoms with Crippen molar-refractivity contribution >= 4 is 23.2 Å². The molecule has 1 aromatic heterocycles. The Morgan fingerprint density at radius 1 is 1.37 bits per heavy atom. The maximum atomic E-state index is 12.0. The van der Waals surface area contributed by atoms with E-state index in [0.29, 0.717) is 11.3 Å². The summed E-state index contributed by atoms with van der Waals surface area (Å²) >= 11 is 1.31. The largest absolute Gasteiger partial charge is 0.480 e. The number of hydrogen-bond donors (Lipinski definition) is 2. The smallest absolute Gasteiger partial charge is 0.326 e. The highest BCUT2D eigenvalue weighted by Crippen LogP contribution is 2.21. The van der Waals surface area contributed by atoms with Crippen molar-refractivity contribution < 1.29 is 14.7 Å². The summed E-state index contributed by atoms with van der Waals surface area (Å²) in [6, 6.07) is -0.850. The third-order valence-electron chi connectivity index (χ3n) is 2.55. The van der Waals surface area contributed by atoms with Gasteiger partial charge in [-0.05, 0) is 12.3 Å². The molecule has 1 aromatic rings. The van der Waals surface area contributed by atoms with Crippen LogP contribution in [-0.4, -0.2) is 28.0 Å². The fourth-order valence-electron chi connectivity index (χ4n) is 1.58. The van der Waals surface area contributed by atoms with Gasteiger partial charge in [0.25, 0.3) is 5.91 Å². The minimum absolute atomic E-state index is 0.203. The van der Waals surface area contributed by atoms with Crippen LogP contribution in [0.2, 0.25) is 0 Å². The van der Waals surface area contributed by atoms with E-state index < -0.39 is 12.0 Å². The molecule has 106 valence electrons. The van der Waals surface area contributed by atoms with E-state index in [4.69, 9.17) is 5.11 Å². The molecule has 0 bridgehead atoms. The lowest BCUT2D eigenvalue weighted by atomic mass is 10.0. The number of carbonyl (C=O) groups excluding carboxylic acids is 1. The fraction of sp³-hybridized carbons (Fsp3) is 0.615. The lowest BCUT2D eigenvalue weighted by Crippen LogP contribution is -2.41. The summed E-state index contributed by atoms with van der Waals surface area (Å²) in [7, 11) is 0. The Labute approximate surface area is 117 Å². The van der Waals surface area contributed by atoms with Crippen LogP contribution in [-0.2, 0) is 4.79 Å². The van der Waals surface area contributed by atoms with Crippen molar-refractivity contribution in [2.24, 2.45) is 5.92 Å². The standard InChI is InChI=1S/C13H20N2O3S/c1-7(2)5-9(13(17)18)15-11(16)10-6-14-12(19-10)8(3)4/h6-9H,5H2,1-4H3,(H,15,16)(H,17,18). The summed E-state index contributed by atoms with van der Waals surface area (Å²) < 4.78 is 0. The first-order valence-electron chi connectivity index (χ1n) is 6.30. The van der Waals surface area contributed by atoms with E-state index in [1.54, 1.807) is 0 Å². The Bertz CT molecular complexity index is 454. The molecule has 0 aliphatic heterocycles. The zero-order chi connectivity index (χ0) is 14.6. The molecule has 2 N–H and O–H groups in total. The number of amides is 1. The molecule has 1 unspecified atom stereocenters. The molecule has 1 amide bonds. The van der Waals surface area contributed by atoms with Crippen LogP contribution in [0.1, 0.15) is 54.7 Å². The van der Waals surface area contributed by atoms with Crippen molar-refractivity contribution in [3.8, 4) is 0 Å². The molecule has 19 heavy (non-hydrogen) atoms. The SMILES string of the molecule is CC(C)CC(NC(=O)c1cnc(C(C)C)s1)C(=O)O. The second kappa shape index (κ2) is 6.65. The van der Waals surface area contributed by atoms with Crippen molar-refractivity contribution in [1.82, 2.24) is 10.3 Å². The van der Waals surface area contributed by atoms with Gasteiger partial charge in [-0.2, -0.15) is 0 Å². The maximum Gasteiger partial charge on any atom is 0.326 e. The molecule has 0 fully saturated rings. The molecular weight excluding hydrogens is 264 g/mol. The predicted octanol–water partition coefficient (Wildman–Crippen LogP) is 2.50. The summed E-state index contributed by atoms with van der Waals surface area (Å²) in [6.07, 6.45) is 1.92. The Hall–Kier alpha value is -1.43. The number of aromatic nitrogens is 1. The Morgan fingerprint density at radius 2 is 2.00 bits per heavy atom. The van der Waals surface area contributed by atoms with Gasteiger partial charge in [0.1, 0.15) is 10.9 Å². The monoisotopic (exact) mass is 284 g/mol. The van der Waals surface area contributed by atoms with Gasteiger partial charge in [0.15, 0.2) is 0 Å². The first-order valence-corrected chi connectivity index (χ1v) is 7.12. The molecule has 0 aliphatic carbocycles. The van der Waals surface area contributed by atoms with Crippen molar-refractivity contribution in [3.05, 3.63) is 16.1 Å². The predicted molar refractivity (Wildman–Crippen MR) is 74.5 cm³/mol. The lowest BCUT2D eigenvalue weighted by Gasteiger charge is -2.15. The van der Waals surface area contributed by atoms with Crippen molar-refractivity contribution in [3.63, 3.8) is 0 Å². The van der Waals surface area contributed by atoms with E-state index in [2.05, 4.69) is 10.3 Å². The molecule has 0 aliphatic rings. The topological polar surface area (TPSA) is 79.3 Å². The normalized spacial score (nSPS) is 12.7. The van der Waals surface area contributed by atoms with Crippen LogP contribution in [0.15, 0.2) is 6.20 Å². The first-order chi connectivity index (χ1) is 8.81. The van der Waals surface area contributed by atoms with Gasteiger partial charge >= 0.3 is 5.97 Å². The van der Waals surface area contributed by atoms with Gasteiger partial charge in [-0.3, -0.25) is 4.79 Å². The molecule has 0 saturated heterocycles. The van der Waals surface area contributed by atoms with Crippen LogP contribution in [0.25, 0.3) is 0 Å². The quantitative estimate of drug-likeness (QED) is 0.841. The number of thiazole rings is 1. The second-order valence-electron chi connectivity index (χ2n) is 5.21. The highest BCUT2D eigenvalue weighted by molar-refractivity contribution is 7.13. The number of nitrogens with one attached hydrogen (secondary N) is 1. The van der Waals surface area contributed by atoms with Crippen LogP contribution in [0, 0.1) is 5.92 Å². The van der Waals surface area contributed by atoms with Gasteiger partial charge < -0.3 is 10.4 Å². The number of nitrogens with zero attached hydrogens (tertiary/aromatic N) is 1. The van der Waals surface area contributed by atoms with Crippen LogP contribution in [0.4, 0.5) is 0 Å². The summed E-state index contributed by atoms with van der Waals surface area (Å²) in [5, 5.41) is 12.5. The van der Waals surface area contributed by atoms with E-state index in [1.807, 2.05) is 27.7 Å². The van der Waals surface area contributed by atoms with Gasteiger partial charge in [0.2, 0.25) is 0 Å². The van der Waals surface area contributed by atoms with Crippen LogP contribution in [0.3, 0.4) is 0 Å². The Kier molecular flexibility index (Phi) is 5.47. The maximum absolute atomic E-state index is 12.0. The van der Waals surface area contributed by atoms with Crippen LogP contribution >= 0.6 is 11.3 Å². The number of rotatable bonds is 6. The van der Waals surface area contributed by atoms with Crippen molar-refractivity contribution in [2.75, 3.05) is 0 Å². The van der Waals surface area contributed by atoms with E-state index in [-0.39, 0.29) is 17.7 Å². The summed E-state index contributed by atoms with van der Waals surface area (Å²) in [5.41, 5.74) is 0. The first kappa shape index (κ1) is 15.6. The van der Waals surface area contributed by atoms with Gasteiger partial charge in [-0.1, -0.05) is 27.7 Å². The van der Waals surface area contributed by atoms with Crippen molar-refractivity contribution in [1.29, 1.82) is 0 Å². The van der Waals surface area contributed by atoms with Crippen molar-refractivity contribution in [2.45, 2.75) is 46.1 Å². The van der Waals surface area contributed by atoms with Gasteiger partial charge in [-0.25, -0.2) is 9.78 Å². The fourth-order valence-corrected chi connectivity index (χ4v) is 2.41. The Morgan fingerprint density at radius 3 is 2.42 bits per heavy atom. The zero-order valence-corrected chi connectivity index (χ0v) is 12.5.